The minimum Gasteiger partial charge on any atom is -0.503 e. The average molecular weight is 312 g/mol. The molecular formula is C17H16N2O4. The number of ether oxygens (including phenoxy) is 1. The van der Waals surface area contributed by atoms with E-state index in [2.05, 4.69) is 0 Å². The predicted molar refractivity (Wildman–Crippen MR) is 82.4 cm³/mol. The smallest absolute Gasteiger partial charge is 0.293 e. The quantitative estimate of drug-likeness (QED) is 0.833. The summed E-state index contributed by atoms with van der Waals surface area (Å²) >= 11 is 0. The first-order valence-electron chi connectivity index (χ1n) is 7.16. The highest BCUT2D eigenvalue weighted by atomic mass is 16.5. The molecule has 0 saturated carbocycles. The van der Waals surface area contributed by atoms with E-state index in [0.29, 0.717) is 16.9 Å². The zero-order chi connectivity index (χ0) is 16.8. The van der Waals surface area contributed by atoms with Gasteiger partial charge >= 0.3 is 0 Å². The number of benzene rings is 1. The van der Waals surface area contributed by atoms with Crippen LogP contribution >= 0.6 is 0 Å². The van der Waals surface area contributed by atoms with Crippen LogP contribution in [0.25, 0.3) is 0 Å². The van der Waals surface area contributed by atoms with Crippen molar-refractivity contribution in [1.82, 2.24) is 4.57 Å². The van der Waals surface area contributed by atoms with E-state index >= 15 is 0 Å². The highest BCUT2D eigenvalue weighted by Crippen LogP contribution is 2.41. The maximum Gasteiger partial charge on any atom is 0.293 e. The number of pyridine rings is 1. The average Bonchev–Trinajstić information content (AvgIpc) is 2.51. The maximum atomic E-state index is 12.3. The third-order valence-electron chi connectivity index (χ3n) is 4.10. The first kappa shape index (κ1) is 15.1. The Bertz CT molecular complexity index is 864. The minimum atomic E-state index is -1.04. The Hall–Kier alpha value is -2.78. The van der Waals surface area contributed by atoms with Gasteiger partial charge in [0.05, 0.1) is 17.7 Å². The normalized spacial score (nSPS) is 21.8. The van der Waals surface area contributed by atoms with E-state index in [-0.39, 0.29) is 0 Å². The second-order valence-electron chi connectivity index (χ2n) is 6.07. The molecule has 2 unspecified atom stereocenters. The van der Waals surface area contributed by atoms with Crippen LogP contribution in [0.3, 0.4) is 0 Å². The topological polar surface area (TPSA) is 95.5 Å². The molecule has 3 rings (SSSR count). The number of aliphatic hydroxyl groups is 1. The van der Waals surface area contributed by atoms with Gasteiger partial charge in [0.25, 0.3) is 5.56 Å². The molecule has 6 heteroatoms. The van der Waals surface area contributed by atoms with Crippen molar-refractivity contribution in [2.24, 2.45) is 0 Å². The molecule has 1 aliphatic heterocycles. The zero-order valence-electron chi connectivity index (χ0n) is 12.7. The third-order valence-corrected chi connectivity index (χ3v) is 4.10. The summed E-state index contributed by atoms with van der Waals surface area (Å²) in [5.74, 6) is 0.0986. The van der Waals surface area contributed by atoms with E-state index in [9.17, 15) is 15.0 Å². The number of aromatic nitrogens is 1. The Labute approximate surface area is 132 Å². The van der Waals surface area contributed by atoms with Gasteiger partial charge in [0.15, 0.2) is 5.75 Å². The number of fused-ring (bicyclic) bond motifs is 1. The lowest BCUT2D eigenvalue weighted by Gasteiger charge is -2.42. The number of rotatable bonds is 1. The monoisotopic (exact) mass is 312 g/mol. The van der Waals surface area contributed by atoms with Crippen molar-refractivity contribution in [1.29, 1.82) is 5.26 Å². The van der Waals surface area contributed by atoms with Crippen LogP contribution in [-0.4, -0.2) is 26.5 Å². The van der Waals surface area contributed by atoms with E-state index in [0.717, 1.165) is 0 Å². The minimum absolute atomic E-state index is 0.400. The Balaban J connectivity index is 2.28. The molecule has 2 aromatic rings. The standard InChI is InChI=1S/C17H16N2O4/c1-17(2)15(21)14(19-7-3-4-12(20)16(19)22)11-8-10(9-18)5-6-13(11)23-17/h3-8,14-15,20-21H,1-2H3. The van der Waals surface area contributed by atoms with Crippen molar-refractivity contribution in [3.63, 3.8) is 0 Å². The van der Waals surface area contributed by atoms with Crippen molar-refractivity contribution in [2.45, 2.75) is 31.6 Å². The molecule has 0 spiro atoms. The largest absolute Gasteiger partial charge is 0.503 e. The molecule has 6 nitrogen and oxygen atoms in total. The van der Waals surface area contributed by atoms with Crippen molar-refractivity contribution in [2.75, 3.05) is 0 Å². The van der Waals surface area contributed by atoms with Crippen LogP contribution in [0.5, 0.6) is 11.5 Å². The molecule has 0 aliphatic carbocycles. The summed E-state index contributed by atoms with van der Waals surface area (Å²) in [7, 11) is 0. The van der Waals surface area contributed by atoms with Gasteiger partial charge in [0.1, 0.15) is 17.5 Å². The van der Waals surface area contributed by atoms with Crippen LogP contribution in [-0.2, 0) is 0 Å². The van der Waals surface area contributed by atoms with Gasteiger partial charge in [0, 0.05) is 11.8 Å². The Kier molecular flexibility index (Phi) is 3.38. The number of aromatic hydroxyl groups is 1. The maximum absolute atomic E-state index is 12.3. The van der Waals surface area contributed by atoms with E-state index in [1.165, 1.54) is 22.9 Å². The fourth-order valence-corrected chi connectivity index (χ4v) is 2.86. The summed E-state index contributed by atoms with van der Waals surface area (Å²) < 4.78 is 7.08. The fraction of sp³-hybridized carbons (Fsp3) is 0.294. The second kappa shape index (κ2) is 5.14. The summed E-state index contributed by atoms with van der Waals surface area (Å²) in [6.07, 6.45) is 0.462. The number of aliphatic hydroxyl groups excluding tert-OH is 1. The van der Waals surface area contributed by atoms with Gasteiger partial charge < -0.3 is 19.5 Å². The van der Waals surface area contributed by atoms with Gasteiger partial charge in [-0.15, -0.1) is 0 Å². The molecule has 2 atom stereocenters. The van der Waals surface area contributed by atoms with Gasteiger partial charge in [0.2, 0.25) is 0 Å². The number of nitriles is 1. The number of hydrogen-bond donors (Lipinski definition) is 2. The van der Waals surface area contributed by atoms with Gasteiger partial charge in [-0.25, -0.2) is 0 Å². The van der Waals surface area contributed by atoms with Gasteiger partial charge in [-0.05, 0) is 44.2 Å². The molecule has 1 aromatic carbocycles. The van der Waals surface area contributed by atoms with Gasteiger partial charge in [-0.3, -0.25) is 4.79 Å². The van der Waals surface area contributed by atoms with Crippen LogP contribution in [0.4, 0.5) is 0 Å². The molecule has 1 aromatic heterocycles. The Morgan fingerprint density at radius 1 is 1.35 bits per heavy atom. The van der Waals surface area contributed by atoms with Crippen LogP contribution < -0.4 is 10.3 Å². The zero-order valence-corrected chi connectivity index (χ0v) is 12.7. The summed E-state index contributed by atoms with van der Waals surface area (Å²) in [6, 6.07) is 8.96. The molecule has 0 radical (unpaired) electrons. The van der Waals surface area contributed by atoms with Crippen molar-refractivity contribution < 1.29 is 14.9 Å². The molecule has 0 fully saturated rings. The lowest BCUT2D eigenvalue weighted by molar-refractivity contribution is -0.0643. The van der Waals surface area contributed by atoms with Crippen molar-refractivity contribution in [3.8, 4) is 17.6 Å². The van der Waals surface area contributed by atoms with Crippen molar-refractivity contribution >= 4 is 0 Å². The molecule has 118 valence electrons. The first-order valence-corrected chi connectivity index (χ1v) is 7.16. The summed E-state index contributed by atoms with van der Waals surface area (Å²) in [5, 5.41) is 29.5. The summed E-state index contributed by atoms with van der Waals surface area (Å²) in [6.45, 7) is 3.44. The molecular weight excluding hydrogens is 296 g/mol. The van der Waals surface area contributed by atoms with E-state index in [4.69, 9.17) is 10.00 Å². The summed E-state index contributed by atoms with van der Waals surface area (Å²) in [5.41, 5.74) is -0.611. The molecule has 0 amide bonds. The highest BCUT2D eigenvalue weighted by Gasteiger charge is 2.44. The molecule has 2 N–H and O–H groups in total. The van der Waals surface area contributed by atoms with E-state index < -0.39 is 29.1 Å². The Morgan fingerprint density at radius 3 is 2.78 bits per heavy atom. The second-order valence-corrected chi connectivity index (χ2v) is 6.07. The fourth-order valence-electron chi connectivity index (χ4n) is 2.86. The van der Waals surface area contributed by atoms with Crippen LogP contribution in [0.2, 0.25) is 0 Å². The van der Waals surface area contributed by atoms with E-state index in [1.54, 1.807) is 32.0 Å². The lowest BCUT2D eigenvalue weighted by atomic mass is 9.85. The third kappa shape index (κ3) is 2.35. The van der Waals surface area contributed by atoms with Crippen LogP contribution in [0.1, 0.15) is 31.0 Å². The highest BCUT2D eigenvalue weighted by molar-refractivity contribution is 5.47. The van der Waals surface area contributed by atoms with Gasteiger partial charge in [-0.1, -0.05) is 0 Å². The Morgan fingerprint density at radius 2 is 2.09 bits per heavy atom. The molecule has 0 saturated heterocycles. The lowest BCUT2D eigenvalue weighted by Crippen LogP contribution is -2.52. The molecule has 1 aliphatic rings. The van der Waals surface area contributed by atoms with Crippen LogP contribution in [0, 0.1) is 11.3 Å². The first-order chi connectivity index (χ1) is 10.8. The molecule has 23 heavy (non-hydrogen) atoms. The number of nitrogens with zero attached hydrogens (tertiary/aromatic N) is 2. The number of hydrogen-bond acceptors (Lipinski definition) is 5. The molecule has 2 heterocycles. The van der Waals surface area contributed by atoms with Crippen LogP contribution in [0.15, 0.2) is 41.3 Å². The van der Waals surface area contributed by atoms with Gasteiger partial charge in [-0.2, -0.15) is 5.26 Å². The van der Waals surface area contributed by atoms with Crippen molar-refractivity contribution in [3.05, 3.63) is 58.0 Å². The predicted octanol–water partition coefficient (Wildman–Crippen LogP) is 1.55. The SMILES string of the molecule is CC1(C)Oc2ccc(C#N)cc2C(n2cccc(O)c2=O)C1O. The van der Waals surface area contributed by atoms with E-state index in [1.807, 2.05) is 6.07 Å². The summed E-state index contributed by atoms with van der Waals surface area (Å²) in [4.78, 5) is 12.3. The molecule has 0 bridgehead atoms.